The maximum Gasteiger partial charge on any atom is 0.363 e. The fourth-order valence-electron chi connectivity index (χ4n) is 2.39. The van der Waals surface area contributed by atoms with E-state index in [0.717, 1.165) is 22.4 Å². The molecule has 122 valence electrons. The van der Waals surface area contributed by atoms with E-state index in [1.807, 2.05) is 63.2 Å². The van der Waals surface area contributed by atoms with Crippen LogP contribution < -0.4 is 4.74 Å². The highest BCUT2D eigenvalue weighted by atomic mass is 16.6. The first-order chi connectivity index (χ1) is 11.6. The Balaban J connectivity index is 1.86. The Labute approximate surface area is 141 Å². The molecule has 3 rings (SSSR count). The standard InChI is InChI=1S/C20H19NO3/c1-4-23-17-9-6-15(7-10-17)12-18-20(22)24-19(21-18)16-8-5-13(2)14(3)11-16/h5-12H,4H2,1-3H3/b18-12-. The number of hydrogen-bond donors (Lipinski definition) is 0. The van der Waals surface area contributed by atoms with Crippen LogP contribution in [-0.4, -0.2) is 18.5 Å². The molecule has 0 spiro atoms. The van der Waals surface area contributed by atoms with Gasteiger partial charge in [0, 0.05) is 5.56 Å². The summed E-state index contributed by atoms with van der Waals surface area (Å²) >= 11 is 0. The quantitative estimate of drug-likeness (QED) is 0.630. The molecule has 0 aromatic heterocycles. The van der Waals surface area contributed by atoms with Gasteiger partial charge in [-0.1, -0.05) is 18.2 Å². The van der Waals surface area contributed by atoms with Crippen molar-refractivity contribution in [2.24, 2.45) is 4.99 Å². The summed E-state index contributed by atoms with van der Waals surface area (Å²) in [5, 5.41) is 0. The predicted octanol–water partition coefficient (Wildman–Crippen LogP) is 4.05. The van der Waals surface area contributed by atoms with Crippen LogP contribution in [-0.2, 0) is 9.53 Å². The number of carbonyl (C=O) groups excluding carboxylic acids is 1. The van der Waals surface area contributed by atoms with Crippen LogP contribution in [0, 0.1) is 13.8 Å². The highest BCUT2D eigenvalue weighted by molar-refractivity contribution is 6.12. The van der Waals surface area contributed by atoms with E-state index in [1.54, 1.807) is 6.08 Å². The van der Waals surface area contributed by atoms with Crippen LogP contribution in [0.1, 0.15) is 29.2 Å². The van der Waals surface area contributed by atoms with E-state index in [1.165, 1.54) is 5.56 Å². The second-order valence-electron chi connectivity index (χ2n) is 5.64. The van der Waals surface area contributed by atoms with Crippen molar-refractivity contribution < 1.29 is 14.3 Å². The van der Waals surface area contributed by atoms with Crippen molar-refractivity contribution in [1.29, 1.82) is 0 Å². The Bertz CT molecular complexity index is 832. The van der Waals surface area contributed by atoms with Crippen molar-refractivity contribution in [3.63, 3.8) is 0 Å². The zero-order valence-electron chi connectivity index (χ0n) is 14.0. The Kier molecular flexibility index (Phi) is 4.47. The highest BCUT2D eigenvalue weighted by Gasteiger charge is 2.24. The van der Waals surface area contributed by atoms with Crippen molar-refractivity contribution in [1.82, 2.24) is 0 Å². The van der Waals surface area contributed by atoms with Crippen LogP contribution in [0.4, 0.5) is 0 Å². The predicted molar refractivity (Wildman–Crippen MR) is 94.1 cm³/mol. The molecule has 2 aromatic carbocycles. The number of carbonyl (C=O) groups is 1. The first kappa shape index (κ1) is 16.0. The zero-order valence-corrected chi connectivity index (χ0v) is 14.0. The van der Waals surface area contributed by atoms with Gasteiger partial charge < -0.3 is 9.47 Å². The number of aliphatic imine (C=N–C) groups is 1. The lowest BCUT2D eigenvalue weighted by atomic mass is 10.1. The molecule has 0 aliphatic carbocycles. The molecule has 4 nitrogen and oxygen atoms in total. The van der Waals surface area contributed by atoms with Gasteiger partial charge >= 0.3 is 5.97 Å². The molecular weight excluding hydrogens is 302 g/mol. The summed E-state index contributed by atoms with van der Waals surface area (Å²) in [6.45, 7) is 6.62. The first-order valence-electron chi connectivity index (χ1n) is 7.90. The number of aryl methyl sites for hydroxylation is 2. The highest BCUT2D eigenvalue weighted by Crippen LogP contribution is 2.21. The molecule has 0 N–H and O–H groups in total. The van der Waals surface area contributed by atoms with Crippen molar-refractivity contribution in [3.05, 3.63) is 70.4 Å². The van der Waals surface area contributed by atoms with Crippen molar-refractivity contribution >= 4 is 17.9 Å². The fraction of sp³-hybridized carbons (Fsp3) is 0.200. The maximum atomic E-state index is 12.1. The molecule has 1 aliphatic rings. The lowest BCUT2D eigenvalue weighted by Crippen LogP contribution is -2.05. The second kappa shape index (κ2) is 6.71. The summed E-state index contributed by atoms with van der Waals surface area (Å²) in [4.78, 5) is 16.4. The monoisotopic (exact) mass is 321 g/mol. The van der Waals surface area contributed by atoms with Gasteiger partial charge in [0.15, 0.2) is 5.70 Å². The Morgan fingerprint density at radius 3 is 2.50 bits per heavy atom. The summed E-state index contributed by atoms with van der Waals surface area (Å²) in [7, 11) is 0. The zero-order chi connectivity index (χ0) is 17.1. The van der Waals surface area contributed by atoms with E-state index in [4.69, 9.17) is 9.47 Å². The lowest BCUT2D eigenvalue weighted by Gasteiger charge is -2.03. The van der Waals surface area contributed by atoms with Crippen LogP contribution in [0.25, 0.3) is 6.08 Å². The van der Waals surface area contributed by atoms with Crippen LogP contribution in [0.15, 0.2) is 53.2 Å². The average molecular weight is 321 g/mol. The molecule has 24 heavy (non-hydrogen) atoms. The van der Waals surface area contributed by atoms with Crippen LogP contribution in [0.3, 0.4) is 0 Å². The molecule has 0 fully saturated rings. The molecule has 0 amide bonds. The third-order valence-corrected chi connectivity index (χ3v) is 3.87. The second-order valence-corrected chi connectivity index (χ2v) is 5.64. The van der Waals surface area contributed by atoms with Crippen molar-refractivity contribution in [2.45, 2.75) is 20.8 Å². The van der Waals surface area contributed by atoms with E-state index in [0.29, 0.717) is 18.2 Å². The molecule has 0 atom stereocenters. The molecule has 1 heterocycles. The summed E-state index contributed by atoms with van der Waals surface area (Å²) in [5.41, 5.74) is 4.30. The van der Waals surface area contributed by atoms with Gasteiger partial charge in [-0.2, -0.15) is 0 Å². The Hall–Kier alpha value is -2.88. The van der Waals surface area contributed by atoms with Gasteiger partial charge in [0.1, 0.15) is 5.75 Å². The molecule has 0 unspecified atom stereocenters. The van der Waals surface area contributed by atoms with E-state index >= 15 is 0 Å². The number of hydrogen-bond acceptors (Lipinski definition) is 4. The number of rotatable bonds is 4. The minimum atomic E-state index is -0.433. The third-order valence-electron chi connectivity index (χ3n) is 3.87. The van der Waals surface area contributed by atoms with Crippen LogP contribution in [0.5, 0.6) is 5.75 Å². The molecular formula is C20H19NO3. The number of ether oxygens (including phenoxy) is 2. The third kappa shape index (κ3) is 3.38. The summed E-state index contributed by atoms with van der Waals surface area (Å²) in [6.07, 6.45) is 1.71. The number of esters is 1. The minimum absolute atomic E-state index is 0.299. The van der Waals surface area contributed by atoms with E-state index < -0.39 is 5.97 Å². The topological polar surface area (TPSA) is 47.9 Å². The lowest BCUT2D eigenvalue weighted by molar-refractivity contribution is -0.129. The van der Waals surface area contributed by atoms with Gasteiger partial charge in [0.05, 0.1) is 6.61 Å². The van der Waals surface area contributed by atoms with E-state index in [2.05, 4.69) is 4.99 Å². The fourth-order valence-corrected chi connectivity index (χ4v) is 2.39. The molecule has 0 saturated carbocycles. The molecule has 0 radical (unpaired) electrons. The van der Waals surface area contributed by atoms with Gasteiger partial charge in [-0.25, -0.2) is 9.79 Å². The average Bonchev–Trinajstić information content (AvgIpc) is 2.93. The van der Waals surface area contributed by atoms with Gasteiger partial charge in [0.2, 0.25) is 5.90 Å². The largest absolute Gasteiger partial charge is 0.494 e. The smallest absolute Gasteiger partial charge is 0.363 e. The van der Waals surface area contributed by atoms with E-state index in [-0.39, 0.29) is 0 Å². The molecule has 0 bridgehead atoms. The van der Waals surface area contributed by atoms with Crippen molar-refractivity contribution in [3.8, 4) is 5.75 Å². The summed E-state index contributed by atoms with van der Waals surface area (Å²) < 4.78 is 10.7. The molecule has 0 saturated heterocycles. The van der Waals surface area contributed by atoms with E-state index in [9.17, 15) is 4.79 Å². The number of nitrogens with zero attached hydrogens (tertiary/aromatic N) is 1. The Morgan fingerprint density at radius 1 is 1.08 bits per heavy atom. The molecule has 2 aromatic rings. The van der Waals surface area contributed by atoms with Crippen LogP contribution in [0.2, 0.25) is 0 Å². The molecule has 1 aliphatic heterocycles. The summed E-state index contributed by atoms with van der Waals surface area (Å²) in [5.74, 6) is 0.713. The maximum absolute atomic E-state index is 12.1. The summed E-state index contributed by atoms with van der Waals surface area (Å²) in [6, 6.07) is 13.4. The van der Waals surface area contributed by atoms with Gasteiger partial charge in [-0.3, -0.25) is 0 Å². The number of cyclic esters (lactones) is 1. The normalized spacial score (nSPS) is 15.4. The Morgan fingerprint density at radius 2 is 1.83 bits per heavy atom. The SMILES string of the molecule is CCOc1ccc(/C=C2\N=C(c3ccc(C)c(C)c3)OC2=O)cc1. The van der Waals surface area contributed by atoms with Gasteiger partial charge in [0.25, 0.3) is 0 Å². The van der Waals surface area contributed by atoms with Crippen LogP contribution >= 0.6 is 0 Å². The minimum Gasteiger partial charge on any atom is -0.494 e. The van der Waals surface area contributed by atoms with Crippen molar-refractivity contribution in [2.75, 3.05) is 6.61 Å². The molecule has 4 heteroatoms. The number of benzene rings is 2. The first-order valence-corrected chi connectivity index (χ1v) is 7.90. The van der Waals surface area contributed by atoms with Gasteiger partial charge in [-0.05, 0) is 67.8 Å². The van der Waals surface area contributed by atoms with Gasteiger partial charge in [-0.15, -0.1) is 0 Å².